The second kappa shape index (κ2) is 6.60. The fourth-order valence-corrected chi connectivity index (χ4v) is 3.19. The first-order valence-electron chi connectivity index (χ1n) is 5.85. The molecule has 0 aromatic carbocycles. The van der Waals surface area contributed by atoms with E-state index in [1.165, 1.54) is 4.88 Å². The fourth-order valence-electron chi connectivity index (χ4n) is 2.00. The zero-order valence-electron chi connectivity index (χ0n) is 10.2. The smallest absolute Gasteiger partial charge is 0.0931 e. The Morgan fingerprint density at radius 3 is 2.50 bits per heavy atom. The molecule has 2 unspecified atom stereocenters. The summed E-state index contributed by atoms with van der Waals surface area (Å²) in [5.74, 6) is 0. The summed E-state index contributed by atoms with van der Waals surface area (Å²) in [6.07, 6.45) is 1.14. The molecular weight excluding hydrogens is 240 g/mol. The Morgan fingerprint density at radius 1 is 1.44 bits per heavy atom. The van der Waals surface area contributed by atoms with Crippen LogP contribution in [0, 0.1) is 0 Å². The molecule has 0 spiro atoms. The van der Waals surface area contributed by atoms with Gasteiger partial charge in [0.1, 0.15) is 0 Å². The maximum absolute atomic E-state index is 5.98. The molecule has 0 aliphatic rings. The van der Waals surface area contributed by atoms with E-state index in [2.05, 4.69) is 31.7 Å². The van der Waals surface area contributed by atoms with Crippen molar-refractivity contribution in [3.63, 3.8) is 0 Å². The highest BCUT2D eigenvalue weighted by Gasteiger charge is 2.22. The lowest BCUT2D eigenvalue weighted by Gasteiger charge is -2.34. The number of rotatable bonds is 6. The Labute approximate surface area is 107 Å². The number of nitrogens with two attached hydrogens (primary N) is 1. The van der Waals surface area contributed by atoms with Crippen LogP contribution in [0.15, 0.2) is 12.1 Å². The van der Waals surface area contributed by atoms with E-state index in [-0.39, 0.29) is 0 Å². The van der Waals surface area contributed by atoms with Gasteiger partial charge in [-0.05, 0) is 32.0 Å². The van der Waals surface area contributed by atoms with Crippen LogP contribution < -0.4 is 5.73 Å². The highest BCUT2D eigenvalue weighted by Crippen LogP contribution is 2.31. The lowest BCUT2D eigenvalue weighted by atomic mass is 10.1. The largest absolute Gasteiger partial charge is 0.329 e. The zero-order valence-corrected chi connectivity index (χ0v) is 11.8. The summed E-state index contributed by atoms with van der Waals surface area (Å²) in [7, 11) is 0. The van der Waals surface area contributed by atoms with Crippen LogP contribution >= 0.6 is 22.9 Å². The van der Waals surface area contributed by atoms with Gasteiger partial charge in [0.05, 0.1) is 10.4 Å². The fraction of sp³-hybridized carbons (Fsp3) is 0.667. The van der Waals surface area contributed by atoms with Gasteiger partial charge in [0.25, 0.3) is 0 Å². The van der Waals surface area contributed by atoms with Crippen molar-refractivity contribution in [2.75, 3.05) is 13.1 Å². The van der Waals surface area contributed by atoms with E-state index in [1.807, 2.05) is 6.07 Å². The maximum atomic E-state index is 5.98. The van der Waals surface area contributed by atoms with Crippen molar-refractivity contribution in [2.24, 2.45) is 5.73 Å². The summed E-state index contributed by atoms with van der Waals surface area (Å²) in [5.41, 5.74) is 5.90. The molecule has 0 amide bonds. The molecule has 0 saturated carbocycles. The number of nitrogens with zero attached hydrogens (tertiary/aromatic N) is 1. The Hall–Kier alpha value is -0.0900. The minimum absolute atomic E-state index is 0.303. The van der Waals surface area contributed by atoms with Crippen molar-refractivity contribution in [2.45, 2.75) is 39.3 Å². The maximum Gasteiger partial charge on any atom is 0.0931 e. The Bertz CT molecular complexity index is 314. The Balaban J connectivity index is 2.87. The number of hydrogen-bond donors (Lipinski definition) is 1. The molecule has 2 atom stereocenters. The lowest BCUT2D eigenvalue weighted by molar-refractivity contribution is 0.154. The minimum Gasteiger partial charge on any atom is -0.329 e. The highest BCUT2D eigenvalue weighted by atomic mass is 35.5. The molecule has 1 rings (SSSR count). The van der Waals surface area contributed by atoms with Crippen molar-refractivity contribution < 1.29 is 0 Å². The van der Waals surface area contributed by atoms with Crippen molar-refractivity contribution in [1.29, 1.82) is 0 Å². The standard InChI is InChI=1S/C12H21ClN2S/c1-4-9(3)15(5-2)10(8-14)11-6-7-12(13)16-11/h6-7,9-10H,4-5,8,14H2,1-3H3. The van der Waals surface area contributed by atoms with E-state index in [1.54, 1.807) is 11.3 Å². The van der Waals surface area contributed by atoms with Gasteiger partial charge in [0.2, 0.25) is 0 Å². The minimum atomic E-state index is 0.303. The van der Waals surface area contributed by atoms with Crippen LogP contribution in [-0.4, -0.2) is 24.0 Å². The molecule has 16 heavy (non-hydrogen) atoms. The summed E-state index contributed by atoms with van der Waals surface area (Å²) in [5, 5.41) is 0. The first-order valence-corrected chi connectivity index (χ1v) is 7.04. The van der Waals surface area contributed by atoms with E-state index in [0.29, 0.717) is 18.6 Å². The van der Waals surface area contributed by atoms with Crippen LogP contribution in [0.4, 0.5) is 0 Å². The van der Waals surface area contributed by atoms with Gasteiger partial charge >= 0.3 is 0 Å². The van der Waals surface area contributed by atoms with Crippen LogP contribution in [-0.2, 0) is 0 Å². The first-order chi connectivity index (χ1) is 7.63. The molecule has 2 N–H and O–H groups in total. The molecule has 1 aromatic rings. The van der Waals surface area contributed by atoms with Gasteiger partial charge < -0.3 is 5.73 Å². The quantitative estimate of drug-likeness (QED) is 0.848. The van der Waals surface area contributed by atoms with Crippen molar-refractivity contribution >= 4 is 22.9 Å². The van der Waals surface area contributed by atoms with Gasteiger partial charge in [0, 0.05) is 17.5 Å². The van der Waals surface area contributed by atoms with E-state index in [0.717, 1.165) is 17.3 Å². The van der Waals surface area contributed by atoms with Crippen molar-refractivity contribution in [3.8, 4) is 0 Å². The molecule has 92 valence electrons. The molecule has 1 aromatic heterocycles. The van der Waals surface area contributed by atoms with Gasteiger partial charge in [-0.1, -0.05) is 25.4 Å². The van der Waals surface area contributed by atoms with Gasteiger partial charge in [0.15, 0.2) is 0 Å². The highest BCUT2D eigenvalue weighted by molar-refractivity contribution is 7.16. The third-order valence-electron chi connectivity index (χ3n) is 3.07. The number of likely N-dealkylation sites (N-methyl/N-ethyl adjacent to an activating group) is 1. The molecule has 0 aliphatic carbocycles. The molecule has 0 bridgehead atoms. The normalized spacial score (nSPS) is 15.4. The number of thiophene rings is 1. The van der Waals surface area contributed by atoms with Crippen molar-refractivity contribution in [3.05, 3.63) is 21.3 Å². The van der Waals surface area contributed by atoms with E-state index >= 15 is 0 Å². The number of hydrogen-bond acceptors (Lipinski definition) is 3. The lowest BCUT2D eigenvalue weighted by Crippen LogP contribution is -2.39. The van der Waals surface area contributed by atoms with Gasteiger partial charge in [-0.15, -0.1) is 11.3 Å². The van der Waals surface area contributed by atoms with E-state index in [4.69, 9.17) is 17.3 Å². The van der Waals surface area contributed by atoms with Gasteiger partial charge in [-0.2, -0.15) is 0 Å². The topological polar surface area (TPSA) is 29.3 Å². The summed E-state index contributed by atoms with van der Waals surface area (Å²) >= 11 is 7.62. The molecule has 0 saturated heterocycles. The van der Waals surface area contributed by atoms with Crippen molar-refractivity contribution in [1.82, 2.24) is 4.90 Å². The zero-order chi connectivity index (χ0) is 12.1. The second-order valence-corrected chi connectivity index (χ2v) is 5.73. The monoisotopic (exact) mass is 260 g/mol. The third-order valence-corrected chi connectivity index (χ3v) is 4.40. The molecule has 1 heterocycles. The molecule has 0 aliphatic heterocycles. The molecule has 4 heteroatoms. The Kier molecular flexibility index (Phi) is 5.76. The summed E-state index contributed by atoms with van der Waals surface area (Å²) < 4.78 is 0.841. The molecule has 0 radical (unpaired) electrons. The van der Waals surface area contributed by atoms with E-state index < -0.39 is 0 Å². The van der Waals surface area contributed by atoms with Gasteiger partial charge in [-0.3, -0.25) is 4.90 Å². The SMILES string of the molecule is CCC(C)N(CC)C(CN)c1ccc(Cl)s1. The predicted molar refractivity (Wildman–Crippen MR) is 73.3 cm³/mol. The number of halogens is 1. The Morgan fingerprint density at radius 2 is 2.12 bits per heavy atom. The molecular formula is C12H21ClN2S. The van der Waals surface area contributed by atoms with Crippen LogP contribution in [0.5, 0.6) is 0 Å². The van der Waals surface area contributed by atoms with Crippen LogP contribution in [0.1, 0.15) is 38.1 Å². The summed E-state index contributed by atoms with van der Waals surface area (Å²) in [6.45, 7) is 8.31. The predicted octanol–water partition coefficient (Wildman–Crippen LogP) is 3.52. The van der Waals surface area contributed by atoms with Gasteiger partial charge in [-0.25, -0.2) is 0 Å². The summed E-state index contributed by atoms with van der Waals surface area (Å²) in [6, 6.07) is 4.90. The summed E-state index contributed by atoms with van der Waals surface area (Å²) in [4.78, 5) is 3.72. The first kappa shape index (κ1) is 14.0. The average Bonchev–Trinajstić information content (AvgIpc) is 2.71. The molecule has 2 nitrogen and oxygen atoms in total. The average molecular weight is 261 g/mol. The van der Waals surface area contributed by atoms with Crippen LogP contribution in [0.2, 0.25) is 4.34 Å². The van der Waals surface area contributed by atoms with Crippen LogP contribution in [0.3, 0.4) is 0 Å². The third kappa shape index (κ3) is 3.20. The molecule has 0 fully saturated rings. The second-order valence-electron chi connectivity index (χ2n) is 3.98. The van der Waals surface area contributed by atoms with E-state index in [9.17, 15) is 0 Å². The van der Waals surface area contributed by atoms with Crippen LogP contribution in [0.25, 0.3) is 0 Å².